The van der Waals surface area contributed by atoms with Gasteiger partial charge in [-0.1, -0.05) is 11.6 Å². The average Bonchev–Trinajstić information content (AvgIpc) is 3.24. The van der Waals surface area contributed by atoms with Gasteiger partial charge in [-0.05, 0) is 24.3 Å². The van der Waals surface area contributed by atoms with Crippen LogP contribution in [-0.4, -0.2) is 21.2 Å². The monoisotopic (exact) mass is 524 g/mol. The van der Waals surface area contributed by atoms with Gasteiger partial charge in [0.05, 0.1) is 47.6 Å². The zero-order valence-corrected chi connectivity index (χ0v) is 19.3. The van der Waals surface area contributed by atoms with Crippen molar-refractivity contribution in [3.63, 3.8) is 0 Å². The fourth-order valence-electron chi connectivity index (χ4n) is 3.47. The number of rotatable bonds is 5. The van der Waals surface area contributed by atoms with Crippen molar-refractivity contribution in [2.45, 2.75) is 19.1 Å². The molecular weight excluding hydrogens is 512 g/mol. The molecule has 0 atom stereocenters. The summed E-state index contributed by atoms with van der Waals surface area (Å²) < 4.78 is 60.3. The van der Waals surface area contributed by atoms with Crippen LogP contribution in [0.5, 0.6) is 5.75 Å². The molecule has 0 aliphatic carbocycles. The second-order valence-electron chi connectivity index (χ2n) is 7.20. The molecule has 3 heterocycles. The van der Waals surface area contributed by atoms with Gasteiger partial charge in [-0.15, -0.1) is 11.3 Å². The first-order chi connectivity index (χ1) is 16.6. The van der Waals surface area contributed by atoms with Gasteiger partial charge >= 0.3 is 11.9 Å². The number of ether oxygens (including phenoxy) is 1. The molecule has 0 saturated carbocycles. The molecule has 0 bridgehead atoms. The molecule has 35 heavy (non-hydrogen) atoms. The van der Waals surface area contributed by atoms with E-state index in [0.717, 1.165) is 28.2 Å². The van der Waals surface area contributed by atoms with E-state index in [-0.39, 0.29) is 39.6 Å². The fourth-order valence-corrected chi connectivity index (χ4v) is 4.89. The number of thiophene rings is 1. The minimum atomic E-state index is -4.75. The molecule has 0 aliphatic heterocycles. The molecule has 4 rings (SSSR count). The first-order valence-electron chi connectivity index (χ1n) is 9.79. The third-order valence-electron chi connectivity index (χ3n) is 5.09. The molecule has 180 valence electrons. The lowest BCUT2D eigenvalue weighted by Gasteiger charge is -2.12. The highest BCUT2D eigenvalue weighted by Crippen LogP contribution is 2.39. The van der Waals surface area contributed by atoms with E-state index in [1.165, 1.54) is 19.2 Å². The standard InChI is InChI=1S/C22H13ClF4N4O3S/c1-34-17-6-13(14(23)7-15(17)24)18-8-16-19(35-18)20(32)31(21(33)30(16)4-2-3-28)12-5-11(9-29-10-12)22(25,26)27/h5-10H,2,4H2,1H3. The van der Waals surface area contributed by atoms with Crippen LogP contribution in [0.15, 0.2) is 46.2 Å². The molecule has 0 amide bonds. The van der Waals surface area contributed by atoms with Gasteiger partial charge in [0.15, 0.2) is 11.6 Å². The predicted molar refractivity (Wildman–Crippen MR) is 122 cm³/mol. The smallest absolute Gasteiger partial charge is 0.417 e. The van der Waals surface area contributed by atoms with Crippen molar-refractivity contribution in [2.24, 2.45) is 0 Å². The van der Waals surface area contributed by atoms with Crippen LogP contribution in [0, 0.1) is 17.1 Å². The zero-order chi connectivity index (χ0) is 25.5. The van der Waals surface area contributed by atoms with Crippen molar-refractivity contribution < 1.29 is 22.3 Å². The Kier molecular flexibility index (Phi) is 6.40. The highest BCUT2D eigenvalue weighted by molar-refractivity contribution is 7.22. The minimum Gasteiger partial charge on any atom is -0.494 e. The maximum absolute atomic E-state index is 14.0. The number of aryl methyl sites for hydroxylation is 1. The summed E-state index contributed by atoms with van der Waals surface area (Å²) in [7, 11) is 1.27. The minimum absolute atomic E-state index is 0.0168. The number of nitrogens with zero attached hydrogens (tertiary/aromatic N) is 4. The molecule has 0 spiro atoms. The summed E-state index contributed by atoms with van der Waals surface area (Å²) in [5.74, 6) is -0.802. The average molecular weight is 525 g/mol. The van der Waals surface area contributed by atoms with E-state index < -0.39 is 28.8 Å². The molecule has 7 nitrogen and oxygen atoms in total. The normalized spacial score (nSPS) is 11.6. The fraction of sp³-hybridized carbons (Fsp3) is 0.182. The first kappa shape index (κ1) is 24.4. The van der Waals surface area contributed by atoms with Gasteiger partial charge in [0.1, 0.15) is 4.70 Å². The topological polar surface area (TPSA) is 89.9 Å². The second kappa shape index (κ2) is 9.16. The zero-order valence-electron chi connectivity index (χ0n) is 17.7. The van der Waals surface area contributed by atoms with Gasteiger partial charge in [0.2, 0.25) is 0 Å². The molecule has 0 radical (unpaired) electrons. The lowest BCUT2D eigenvalue weighted by Crippen LogP contribution is -2.38. The van der Waals surface area contributed by atoms with E-state index in [2.05, 4.69) is 4.98 Å². The van der Waals surface area contributed by atoms with E-state index >= 15 is 0 Å². The van der Waals surface area contributed by atoms with Gasteiger partial charge in [-0.2, -0.15) is 18.4 Å². The van der Waals surface area contributed by atoms with Gasteiger partial charge in [-0.25, -0.2) is 13.8 Å². The molecule has 0 aliphatic rings. The van der Waals surface area contributed by atoms with Crippen molar-refractivity contribution in [3.8, 4) is 27.9 Å². The lowest BCUT2D eigenvalue weighted by molar-refractivity contribution is -0.137. The molecule has 0 N–H and O–H groups in total. The summed E-state index contributed by atoms with van der Waals surface area (Å²) in [5, 5.41) is 9.04. The quantitative estimate of drug-likeness (QED) is 0.342. The summed E-state index contributed by atoms with van der Waals surface area (Å²) in [6, 6.07) is 6.39. The van der Waals surface area contributed by atoms with E-state index in [0.29, 0.717) is 27.3 Å². The van der Waals surface area contributed by atoms with E-state index in [4.69, 9.17) is 21.6 Å². The Morgan fingerprint density at radius 2 is 1.94 bits per heavy atom. The number of hydrogen-bond acceptors (Lipinski definition) is 6. The van der Waals surface area contributed by atoms with Crippen molar-refractivity contribution in [3.05, 3.63) is 73.9 Å². The van der Waals surface area contributed by atoms with Gasteiger partial charge < -0.3 is 4.74 Å². The van der Waals surface area contributed by atoms with E-state index in [9.17, 15) is 27.2 Å². The van der Waals surface area contributed by atoms with Gasteiger partial charge in [0.25, 0.3) is 5.56 Å². The van der Waals surface area contributed by atoms with Gasteiger partial charge in [-0.3, -0.25) is 14.3 Å². The second-order valence-corrected chi connectivity index (χ2v) is 8.66. The molecular formula is C22H13ClF4N4O3S. The predicted octanol–water partition coefficient (Wildman–Crippen LogP) is 5.01. The molecule has 3 aromatic heterocycles. The maximum Gasteiger partial charge on any atom is 0.417 e. The number of methoxy groups -OCH3 is 1. The summed E-state index contributed by atoms with van der Waals surface area (Å²) >= 11 is 7.11. The Morgan fingerprint density at radius 1 is 1.20 bits per heavy atom. The molecule has 1 aromatic carbocycles. The Balaban J connectivity index is 2.03. The maximum atomic E-state index is 14.0. The van der Waals surface area contributed by atoms with E-state index in [1.807, 2.05) is 6.07 Å². The molecule has 0 saturated heterocycles. The SMILES string of the molecule is COc1cc(-c2cc3c(s2)c(=O)n(-c2cncc(C(F)(F)F)c2)c(=O)n3CCC#N)c(Cl)cc1F. The van der Waals surface area contributed by atoms with Crippen LogP contribution in [-0.2, 0) is 12.7 Å². The number of aromatic nitrogens is 3. The van der Waals surface area contributed by atoms with Crippen LogP contribution in [0.1, 0.15) is 12.0 Å². The number of benzene rings is 1. The summed E-state index contributed by atoms with van der Waals surface area (Å²) in [6.07, 6.45) is -3.31. The van der Waals surface area contributed by atoms with Crippen molar-refractivity contribution in [2.75, 3.05) is 7.11 Å². The number of alkyl halides is 3. The number of hydrogen-bond donors (Lipinski definition) is 0. The number of nitriles is 1. The largest absolute Gasteiger partial charge is 0.494 e. The van der Waals surface area contributed by atoms with Crippen LogP contribution >= 0.6 is 22.9 Å². The van der Waals surface area contributed by atoms with Crippen LogP contribution in [0.2, 0.25) is 5.02 Å². The Hall–Kier alpha value is -3.69. The first-order valence-corrected chi connectivity index (χ1v) is 11.0. The third-order valence-corrected chi connectivity index (χ3v) is 6.54. The highest BCUT2D eigenvalue weighted by atomic mass is 35.5. The third kappa shape index (κ3) is 4.40. The highest BCUT2D eigenvalue weighted by Gasteiger charge is 2.31. The van der Waals surface area contributed by atoms with Crippen molar-refractivity contribution in [1.29, 1.82) is 5.26 Å². The molecule has 4 aromatic rings. The van der Waals surface area contributed by atoms with Crippen LogP contribution in [0.25, 0.3) is 26.3 Å². The van der Waals surface area contributed by atoms with E-state index in [1.54, 1.807) is 0 Å². The summed E-state index contributed by atoms with van der Waals surface area (Å²) in [6.45, 7) is -0.130. The molecule has 0 unspecified atom stereocenters. The van der Waals surface area contributed by atoms with Gasteiger partial charge in [0, 0.05) is 23.2 Å². The summed E-state index contributed by atoms with van der Waals surface area (Å²) in [5.41, 5.74) is -2.85. The Labute approximate surface area is 203 Å². The Morgan fingerprint density at radius 3 is 2.60 bits per heavy atom. The lowest BCUT2D eigenvalue weighted by atomic mass is 10.1. The van der Waals surface area contributed by atoms with Crippen LogP contribution < -0.4 is 16.0 Å². The van der Waals surface area contributed by atoms with Crippen LogP contribution in [0.3, 0.4) is 0 Å². The number of halogens is 5. The van der Waals surface area contributed by atoms with Crippen LogP contribution in [0.4, 0.5) is 17.6 Å². The molecule has 0 fully saturated rings. The Bertz CT molecular complexity index is 1620. The summed E-state index contributed by atoms with van der Waals surface area (Å²) in [4.78, 5) is 30.5. The molecule has 13 heteroatoms. The number of pyridine rings is 1. The van der Waals surface area contributed by atoms with Crippen molar-refractivity contribution in [1.82, 2.24) is 14.1 Å². The van der Waals surface area contributed by atoms with Crippen molar-refractivity contribution >= 4 is 33.2 Å². The number of fused-ring (bicyclic) bond motifs is 1.